The van der Waals surface area contributed by atoms with Gasteiger partial charge < -0.3 is 33.4 Å². The second kappa shape index (κ2) is 19.5. The zero-order valence-corrected chi connectivity index (χ0v) is 31.0. The lowest BCUT2D eigenvalue weighted by Crippen LogP contribution is -2.19. The van der Waals surface area contributed by atoms with Crippen molar-refractivity contribution in [3.05, 3.63) is 156 Å². The van der Waals surface area contributed by atoms with E-state index in [1.807, 2.05) is 90.4 Å². The van der Waals surface area contributed by atoms with Gasteiger partial charge in [-0.1, -0.05) is 66.7 Å². The third-order valence-electron chi connectivity index (χ3n) is 7.42. The van der Waals surface area contributed by atoms with Gasteiger partial charge in [-0.15, -0.1) is 0 Å². The van der Waals surface area contributed by atoms with Crippen LogP contribution >= 0.6 is 23.2 Å². The molecule has 276 valence electrons. The van der Waals surface area contributed by atoms with E-state index in [9.17, 15) is 14.4 Å². The molecule has 6 rings (SSSR count). The second-order valence-corrected chi connectivity index (χ2v) is 11.6. The first-order valence-electron chi connectivity index (χ1n) is 15.8. The van der Waals surface area contributed by atoms with Gasteiger partial charge in [0.25, 0.3) is 5.56 Å². The third kappa shape index (κ3) is 11.2. The molecule has 0 bridgehead atoms. The van der Waals surface area contributed by atoms with E-state index in [4.69, 9.17) is 37.4 Å². The van der Waals surface area contributed by atoms with Crippen molar-refractivity contribution in [1.82, 2.24) is 29.1 Å². The first-order chi connectivity index (χ1) is 25.6. The zero-order valence-electron chi connectivity index (χ0n) is 29.5. The first kappa shape index (κ1) is 39.7. The number of aromatic amines is 1. The van der Waals surface area contributed by atoms with E-state index >= 15 is 0 Å². The molecule has 2 N–H and O–H groups in total. The largest absolute Gasteiger partial charge is 0.496 e. The highest BCUT2D eigenvalue weighted by Crippen LogP contribution is 2.27. The monoisotopic (exact) mass is 761 g/mol. The average molecular weight is 763 g/mol. The smallest absolute Gasteiger partial charge is 0.316 e. The van der Waals surface area contributed by atoms with Gasteiger partial charge in [-0.3, -0.25) is 19.4 Å². The van der Waals surface area contributed by atoms with Crippen LogP contribution in [0.1, 0.15) is 16.7 Å². The van der Waals surface area contributed by atoms with Crippen molar-refractivity contribution in [3.8, 4) is 23.0 Å². The zero-order chi connectivity index (χ0) is 38.3. The Kier molecular flexibility index (Phi) is 14.6. The molecule has 0 aliphatic heterocycles. The van der Waals surface area contributed by atoms with Crippen molar-refractivity contribution in [1.29, 1.82) is 0 Å². The maximum absolute atomic E-state index is 12.2. The molecule has 3 aromatic heterocycles. The minimum absolute atomic E-state index is 0.0609. The number of halogens is 2. The Morgan fingerprint density at radius 2 is 1.19 bits per heavy atom. The molecule has 0 radical (unpaired) electrons. The van der Waals surface area contributed by atoms with Gasteiger partial charge in [0.2, 0.25) is 33.8 Å². The van der Waals surface area contributed by atoms with E-state index in [0.29, 0.717) is 19.0 Å². The van der Waals surface area contributed by atoms with Crippen molar-refractivity contribution in [2.45, 2.75) is 20.0 Å². The van der Waals surface area contributed by atoms with Gasteiger partial charge in [0.1, 0.15) is 5.75 Å². The molecule has 0 spiro atoms. The van der Waals surface area contributed by atoms with Crippen LogP contribution in [0.25, 0.3) is 0 Å². The Hall–Kier alpha value is -6.12. The Balaban J connectivity index is 0.000000198. The molecule has 0 fully saturated rings. The number of hydrogen-bond donors (Lipinski definition) is 2. The summed E-state index contributed by atoms with van der Waals surface area (Å²) in [4.78, 5) is 48.0. The van der Waals surface area contributed by atoms with Crippen LogP contribution in [0.4, 0.5) is 11.6 Å². The predicted molar refractivity (Wildman–Crippen MR) is 204 cm³/mol. The minimum atomic E-state index is -0.457. The lowest BCUT2D eigenvalue weighted by Gasteiger charge is -2.17. The van der Waals surface area contributed by atoms with Crippen LogP contribution in [0.15, 0.2) is 112 Å². The topological polar surface area (TPSA) is 164 Å². The summed E-state index contributed by atoms with van der Waals surface area (Å²) < 4.78 is 23.6. The van der Waals surface area contributed by atoms with Gasteiger partial charge in [-0.05, 0) is 53.4 Å². The molecule has 0 amide bonds. The summed E-state index contributed by atoms with van der Waals surface area (Å²) in [5.74, 6) is 1.75. The number of nitrogens with one attached hydrogen (secondary N) is 2. The van der Waals surface area contributed by atoms with E-state index in [1.54, 1.807) is 24.1 Å². The van der Waals surface area contributed by atoms with Crippen molar-refractivity contribution < 1.29 is 18.9 Å². The van der Waals surface area contributed by atoms with Crippen LogP contribution in [-0.2, 0) is 13.1 Å². The number of rotatable bonds is 10. The Morgan fingerprint density at radius 3 is 1.74 bits per heavy atom. The molecule has 53 heavy (non-hydrogen) atoms. The highest BCUT2D eigenvalue weighted by atomic mass is 35.5. The molecule has 0 aliphatic rings. The van der Waals surface area contributed by atoms with Crippen LogP contribution in [0.3, 0.4) is 0 Å². The van der Waals surface area contributed by atoms with Crippen molar-refractivity contribution >= 4 is 34.8 Å². The fourth-order valence-electron chi connectivity index (χ4n) is 4.70. The molecular weight excluding hydrogens is 725 g/mol. The highest BCUT2D eigenvalue weighted by molar-refractivity contribution is 6.28. The van der Waals surface area contributed by atoms with Crippen molar-refractivity contribution in [2.24, 2.45) is 0 Å². The summed E-state index contributed by atoms with van der Waals surface area (Å²) in [6.45, 7) is 3.05. The maximum Gasteiger partial charge on any atom is 0.316 e. The Bertz CT molecular complexity index is 2280. The average Bonchev–Trinajstić information content (AvgIpc) is 3.16. The molecule has 0 unspecified atom stereocenters. The number of benzene rings is 3. The normalized spacial score (nSPS) is 10.2. The maximum atomic E-state index is 12.2. The Labute approximate surface area is 314 Å². The number of ether oxygens (including phenoxy) is 4. The van der Waals surface area contributed by atoms with E-state index in [1.165, 1.54) is 27.5 Å². The summed E-state index contributed by atoms with van der Waals surface area (Å²) >= 11 is 11.3. The molecule has 6 aromatic rings. The lowest BCUT2D eigenvalue weighted by molar-refractivity contribution is 0.402. The van der Waals surface area contributed by atoms with Crippen molar-refractivity contribution in [3.63, 3.8) is 0 Å². The van der Waals surface area contributed by atoms with Crippen LogP contribution in [-0.4, -0.2) is 57.5 Å². The minimum Gasteiger partial charge on any atom is -0.496 e. The Morgan fingerprint density at radius 1 is 0.660 bits per heavy atom. The summed E-state index contributed by atoms with van der Waals surface area (Å²) in [6, 6.07) is 25.4. The standard InChI is InChI=1S/C20H21N3O3.C12H11ClN2O2.C5H5ClN2O2/c1-14-16(10-7-11-17(14)25-2)21-20-22-19(24)18(26-3)13-23(20)12-15-8-5-4-6-9-15;1-17-10-8-15(12(13)14-11(10)16)7-9-5-3-2-4-6-9;1-10-3-2-7-5(6)8-4(3)9/h4-11,13H,12H2,1-3H3,(H,21,22,24);2-6,8H,7H2,1H3;2H,1H3,(H,7,8,9). The number of methoxy groups -OCH3 is 4. The van der Waals surface area contributed by atoms with Gasteiger partial charge >= 0.3 is 11.1 Å². The van der Waals surface area contributed by atoms with E-state index in [-0.39, 0.29) is 33.4 Å². The van der Waals surface area contributed by atoms with Crippen LogP contribution < -0.4 is 40.9 Å². The van der Waals surface area contributed by atoms with Gasteiger partial charge in [0, 0.05) is 17.8 Å². The molecule has 0 saturated carbocycles. The van der Waals surface area contributed by atoms with Crippen LogP contribution in [0.2, 0.25) is 10.6 Å². The quantitative estimate of drug-likeness (QED) is 0.164. The van der Waals surface area contributed by atoms with Crippen LogP contribution in [0, 0.1) is 6.92 Å². The summed E-state index contributed by atoms with van der Waals surface area (Å²) in [6.07, 6.45) is 4.49. The number of aromatic nitrogens is 6. The summed E-state index contributed by atoms with van der Waals surface area (Å²) in [5, 5.41) is 3.46. The molecule has 0 saturated heterocycles. The number of nitrogens with zero attached hydrogens (tertiary/aromatic N) is 5. The fraction of sp³-hybridized carbons (Fsp3) is 0.189. The van der Waals surface area contributed by atoms with E-state index in [2.05, 4.69) is 30.0 Å². The summed E-state index contributed by atoms with van der Waals surface area (Å²) in [5.41, 5.74) is 2.67. The predicted octanol–water partition coefficient (Wildman–Crippen LogP) is 5.75. The van der Waals surface area contributed by atoms with Gasteiger partial charge in [0.05, 0.1) is 53.6 Å². The molecule has 14 nitrogen and oxygen atoms in total. The fourth-order valence-corrected chi connectivity index (χ4v) is 5.02. The summed E-state index contributed by atoms with van der Waals surface area (Å²) in [7, 11) is 5.91. The molecule has 3 aromatic carbocycles. The van der Waals surface area contributed by atoms with Gasteiger partial charge in [-0.25, -0.2) is 4.98 Å². The molecule has 16 heteroatoms. The number of anilines is 2. The number of H-pyrrole nitrogens is 1. The molecular formula is C37H37Cl2N7O7. The first-order valence-corrected chi connectivity index (χ1v) is 16.6. The second-order valence-electron chi connectivity index (χ2n) is 10.9. The lowest BCUT2D eigenvalue weighted by atomic mass is 10.2. The van der Waals surface area contributed by atoms with Crippen LogP contribution in [0.5, 0.6) is 23.0 Å². The van der Waals surface area contributed by atoms with E-state index < -0.39 is 11.1 Å². The highest BCUT2D eigenvalue weighted by Gasteiger charge is 2.12. The van der Waals surface area contributed by atoms with Crippen molar-refractivity contribution in [2.75, 3.05) is 33.8 Å². The molecule has 0 atom stereocenters. The van der Waals surface area contributed by atoms with Gasteiger partial charge in [-0.2, -0.15) is 9.97 Å². The SMILES string of the molecule is COc1cccc(Nc2nc(=O)c(OC)cn2Cc2ccccc2)c1C.COc1cn(Cc2ccccc2)c(Cl)nc1=O.COc1cnc(Cl)[nH]c1=O. The van der Waals surface area contributed by atoms with Gasteiger partial charge in [0.15, 0.2) is 0 Å². The molecule has 3 heterocycles. The number of hydrogen-bond acceptors (Lipinski definition) is 11. The molecule has 0 aliphatic carbocycles. The third-order valence-corrected chi connectivity index (χ3v) is 7.91. The van der Waals surface area contributed by atoms with E-state index in [0.717, 1.165) is 28.1 Å².